The molecule has 4 nitrogen and oxygen atoms in total. The molecule has 0 radical (unpaired) electrons. The molecule has 0 unspecified atom stereocenters. The minimum absolute atomic E-state index is 0.247. The predicted octanol–water partition coefficient (Wildman–Crippen LogP) is 1.50. The van der Waals surface area contributed by atoms with Crippen molar-refractivity contribution in [3.63, 3.8) is 0 Å². The highest BCUT2D eigenvalue weighted by Gasteiger charge is 2.21. The molecule has 0 saturated heterocycles. The molecule has 94 valence electrons. The minimum Gasteiger partial charge on any atom is -0.310 e. The topological polar surface area (TPSA) is 58.2 Å². The fourth-order valence-corrected chi connectivity index (χ4v) is 2.48. The van der Waals surface area contributed by atoms with Gasteiger partial charge >= 0.3 is 0 Å². The molecule has 0 bridgehead atoms. The Morgan fingerprint density at radius 2 is 2.12 bits per heavy atom. The Bertz CT molecular complexity index is 512. The van der Waals surface area contributed by atoms with Gasteiger partial charge in [-0.15, -0.1) is 0 Å². The third-order valence-corrected chi connectivity index (χ3v) is 4.54. The maximum atomic E-state index is 11.6. The second-order valence-electron chi connectivity index (χ2n) is 4.12. The molecule has 6 heteroatoms. The third kappa shape index (κ3) is 3.19. The van der Waals surface area contributed by atoms with Crippen LogP contribution in [-0.4, -0.2) is 21.5 Å². The van der Waals surface area contributed by atoms with Crippen molar-refractivity contribution in [2.75, 3.05) is 7.05 Å². The fourth-order valence-electron chi connectivity index (χ4n) is 1.51. The van der Waals surface area contributed by atoms with Gasteiger partial charge in [-0.25, -0.2) is 13.1 Å². The van der Waals surface area contributed by atoms with E-state index in [1.807, 2.05) is 0 Å². The minimum atomic E-state index is -3.40. The van der Waals surface area contributed by atoms with Gasteiger partial charge in [0.15, 0.2) is 0 Å². The highest BCUT2D eigenvalue weighted by molar-refractivity contribution is 7.89. The van der Waals surface area contributed by atoms with Crippen molar-refractivity contribution < 1.29 is 8.42 Å². The summed E-state index contributed by atoms with van der Waals surface area (Å²) < 4.78 is 25.6. The van der Waals surface area contributed by atoms with Crippen LogP contribution >= 0.6 is 11.6 Å². The molecular formula is C11H15ClN2O2S. The summed E-state index contributed by atoms with van der Waals surface area (Å²) >= 11 is 6.04. The Labute approximate surface area is 106 Å². The van der Waals surface area contributed by atoms with Crippen molar-refractivity contribution in [1.29, 1.82) is 0 Å². The van der Waals surface area contributed by atoms with Crippen LogP contribution in [0.15, 0.2) is 23.1 Å². The van der Waals surface area contributed by atoms with Crippen LogP contribution in [0.3, 0.4) is 0 Å². The summed E-state index contributed by atoms with van der Waals surface area (Å²) in [7, 11) is -2.00. The normalized spacial score (nSPS) is 16.1. The second-order valence-corrected chi connectivity index (χ2v) is 6.41. The van der Waals surface area contributed by atoms with Crippen LogP contribution in [0.4, 0.5) is 0 Å². The van der Waals surface area contributed by atoms with Gasteiger partial charge in [0.2, 0.25) is 10.0 Å². The van der Waals surface area contributed by atoms with Crippen LogP contribution in [0.2, 0.25) is 5.02 Å². The number of hydrogen-bond donors (Lipinski definition) is 2. The van der Waals surface area contributed by atoms with Crippen molar-refractivity contribution in [1.82, 2.24) is 10.0 Å². The first-order valence-corrected chi connectivity index (χ1v) is 7.34. The van der Waals surface area contributed by atoms with Gasteiger partial charge in [0.1, 0.15) is 0 Å². The molecule has 1 aromatic rings. The van der Waals surface area contributed by atoms with E-state index in [0.717, 1.165) is 5.56 Å². The third-order valence-electron chi connectivity index (χ3n) is 2.75. The maximum absolute atomic E-state index is 11.6. The average molecular weight is 275 g/mol. The summed E-state index contributed by atoms with van der Waals surface area (Å²) in [6.07, 6.45) is 2.37. The van der Waals surface area contributed by atoms with E-state index in [1.54, 1.807) is 12.1 Å². The van der Waals surface area contributed by atoms with E-state index in [2.05, 4.69) is 10.0 Å². The molecular weight excluding hydrogens is 260 g/mol. The molecule has 0 atom stereocenters. The number of sulfonamides is 1. The van der Waals surface area contributed by atoms with Crippen LogP contribution < -0.4 is 10.0 Å². The summed E-state index contributed by atoms with van der Waals surface area (Å²) in [5.74, 6) is 0. The first kappa shape index (κ1) is 12.8. The Kier molecular flexibility index (Phi) is 3.73. The molecule has 1 saturated carbocycles. The van der Waals surface area contributed by atoms with E-state index >= 15 is 0 Å². The highest BCUT2D eigenvalue weighted by atomic mass is 35.5. The number of hydrogen-bond acceptors (Lipinski definition) is 3. The molecule has 0 aromatic heterocycles. The Morgan fingerprint density at radius 3 is 2.71 bits per heavy atom. The zero-order chi connectivity index (χ0) is 12.5. The van der Waals surface area contributed by atoms with Gasteiger partial charge in [-0.05, 0) is 43.7 Å². The second kappa shape index (κ2) is 4.94. The molecule has 1 aliphatic rings. The largest absolute Gasteiger partial charge is 0.310 e. The number of halogens is 1. The lowest BCUT2D eigenvalue weighted by Crippen LogP contribution is -2.20. The van der Waals surface area contributed by atoms with Gasteiger partial charge in [-0.3, -0.25) is 0 Å². The van der Waals surface area contributed by atoms with Crippen LogP contribution in [-0.2, 0) is 16.6 Å². The molecule has 0 heterocycles. The maximum Gasteiger partial charge on any atom is 0.240 e. The van der Waals surface area contributed by atoms with Crippen LogP contribution in [0.1, 0.15) is 18.4 Å². The molecule has 1 aromatic carbocycles. The lowest BCUT2D eigenvalue weighted by atomic mass is 10.2. The van der Waals surface area contributed by atoms with E-state index in [9.17, 15) is 8.42 Å². The molecule has 0 amide bonds. The van der Waals surface area contributed by atoms with E-state index in [0.29, 0.717) is 17.6 Å². The van der Waals surface area contributed by atoms with Crippen LogP contribution in [0.25, 0.3) is 0 Å². The van der Waals surface area contributed by atoms with Gasteiger partial charge < -0.3 is 5.32 Å². The summed E-state index contributed by atoms with van der Waals surface area (Å²) in [5.41, 5.74) is 0.815. The summed E-state index contributed by atoms with van der Waals surface area (Å²) in [4.78, 5) is 0.247. The first-order chi connectivity index (χ1) is 8.03. The van der Waals surface area contributed by atoms with Gasteiger partial charge in [-0.1, -0.05) is 11.6 Å². The summed E-state index contributed by atoms with van der Waals surface area (Å²) in [5, 5.41) is 3.90. The quantitative estimate of drug-likeness (QED) is 0.856. The van der Waals surface area contributed by atoms with E-state index in [4.69, 9.17) is 11.6 Å². The molecule has 0 aliphatic heterocycles. The average Bonchev–Trinajstić information content (AvgIpc) is 3.11. The lowest BCUT2D eigenvalue weighted by Gasteiger charge is -2.08. The van der Waals surface area contributed by atoms with E-state index < -0.39 is 10.0 Å². The van der Waals surface area contributed by atoms with Crippen molar-refractivity contribution in [3.05, 3.63) is 28.8 Å². The van der Waals surface area contributed by atoms with Gasteiger partial charge in [0, 0.05) is 17.6 Å². The number of benzene rings is 1. The SMILES string of the molecule is CNS(=O)(=O)c1ccc(Cl)c(CNC2CC2)c1. The van der Waals surface area contributed by atoms with E-state index in [1.165, 1.54) is 26.0 Å². The monoisotopic (exact) mass is 274 g/mol. The summed E-state index contributed by atoms with van der Waals surface area (Å²) in [6, 6.07) is 5.31. The predicted molar refractivity (Wildman–Crippen MR) is 67.6 cm³/mol. The smallest absolute Gasteiger partial charge is 0.240 e. The first-order valence-electron chi connectivity index (χ1n) is 5.48. The molecule has 1 aliphatic carbocycles. The lowest BCUT2D eigenvalue weighted by molar-refractivity contribution is 0.588. The Morgan fingerprint density at radius 1 is 1.41 bits per heavy atom. The molecule has 0 spiro atoms. The van der Waals surface area contributed by atoms with Crippen molar-refractivity contribution in [2.24, 2.45) is 0 Å². The number of rotatable bonds is 5. The Hall–Kier alpha value is -0.620. The molecule has 2 rings (SSSR count). The zero-order valence-corrected chi connectivity index (χ0v) is 11.1. The molecule has 17 heavy (non-hydrogen) atoms. The van der Waals surface area contributed by atoms with Gasteiger partial charge in [-0.2, -0.15) is 0 Å². The molecule has 2 N–H and O–H groups in total. The molecule has 1 fully saturated rings. The van der Waals surface area contributed by atoms with Crippen LogP contribution in [0, 0.1) is 0 Å². The van der Waals surface area contributed by atoms with Crippen molar-refractivity contribution in [3.8, 4) is 0 Å². The number of nitrogens with one attached hydrogen (secondary N) is 2. The van der Waals surface area contributed by atoms with Gasteiger partial charge in [0.05, 0.1) is 4.90 Å². The van der Waals surface area contributed by atoms with Gasteiger partial charge in [0.25, 0.3) is 0 Å². The highest BCUT2D eigenvalue weighted by Crippen LogP contribution is 2.23. The van der Waals surface area contributed by atoms with Crippen molar-refractivity contribution in [2.45, 2.75) is 30.3 Å². The van der Waals surface area contributed by atoms with E-state index in [-0.39, 0.29) is 4.90 Å². The van der Waals surface area contributed by atoms with Crippen molar-refractivity contribution >= 4 is 21.6 Å². The van der Waals surface area contributed by atoms with Crippen LogP contribution in [0.5, 0.6) is 0 Å². The standard InChI is InChI=1S/C11H15ClN2O2S/c1-13-17(15,16)10-4-5-11(12)8(6-10)7-14-9-2-3-9/h4-6,9,13-14H,2-3,7H2,1H3. The Balaban J connectivity index is 2.21. The summed E-state index contributed by atoms with van der Waals surface area (Å²) in [6.45, 7) is 0.608. The zero-order valence-electron chi connectivity index (χ0n) is 9.53. The fraction of sp³-hybridized carbons (Fsp3) is 0.455.